The molecule has 0 radical (unpaired) electrons. The van der Waals surface area contributed by atoms with E-state index in [1.165, 1.54) is 6.07 Å². The van der Waals surface area contributed by atoms with Crippen LogP contribution in [0.4, 0.5) is 24.5 Å². The third kappa shape index (κ3) is 3.55. The van der Waals surface area contributed by atoms with E-state index in [-0.39, 0.29) is 16.9 Å². The molecular weight excluding hydrogens is 331 g/mol. The number of carbonyl (C=O) groups excluding carboxylic acids is 1. The van der Waals surface area contributed by atoms with E-state index >= 15 is 0 Å². The lowest BCUT2D eigenvalue weighted by Gasteiger charge is -2.14. The van der Waals surface area contributed by atoms with E-state index in [1.807, 2.05) is 6.92 Å². The van der Waals surface area contributed by atoms with Crippen molar-refractivity contribution >= 4 is 28.2 Å². The molecule has 4 nitrogen and oxygen atoms in total. The molecule has 128 valence electrons. The number of nitrogens with two attached hydrogens (primary N) is 1. The summed E-state index contributed by atoms with van der Waals surface area (Å²) >= 11 is 0. The fourth-order valence-electron chi connectivity index (χ4n) is 2.48. The van der Waals surface area contributed by atoms with E-state index in [9.17, 15) is 18.0 Å². The zero-order valence-electron chi connectivity index (χ0n) is 13.2. The summed E-state index contributed by atoms with van der Waals surface area (Å²) in [5.41, 5.74) is 6.12. The third-order valence-electron chi connectivity index (χ3n) is 3.69. The highest BCUT2D eigenvalue weighted by Gasteiger charge is 2.34. The van der Waals surface area contributed by atoms with Crippen molar-refractivity contribution < 1.29 is 18.0 Å². The number of nitrogens with zero attached hydrogens (tertiary/aromatic N) is 1. The number of hydrogen-bond donors (Lipinski definition) is 2. The molecule has 0 unspecified atom stereocenters. The average Bonchev–Trinajstić information content (AvgIpc) is 2.53. The Labute approximate surface area is 141 Å². The van der Waals surface area contributed by atoms with E-state index < -0.39 is 17.6 Å². The second-order valence-corrected chi connectivity index (χ2v) is 5.62. The van der Waals surface area contributed by atoms with Gasteiger partial charge in [-0.3, -0.25) is 9.78 Å². The number of pyridine rings is 1. The molecule has 0 aliphatic heterocycles. The summed E-state index contributed by atoms with van der Waals surface area (Å²) in [6.45, 7) is 1.85. The summed E-state index contributed by atoms with van der Waals surface area (Å²) in [6.07, 6.45) is -4.60. The summed E-state index contributed by atoms with van der Waals surface area (Å²) in [6, 6.07) is 11.4. The Kier molecular flexibility index (Phi) is 4.08. The first-order valence-corrected chi connectivity index (χ1v) is 7.39. The van der Waals surface area contributed by atoms with Gasteiger partial charge < -0.3 is 11.1 Å². The molecule has 0 saturated carbocycles. The molecule has 0 aliphatic rings. The Morgan fingerprint density at radius 2 is 1.84 bits per heavy atom. The van der Waals surface area contributed by atoms with E-state index in [0.717, 1.165) is 29.3 Å². The van der Waals surface area contributed by atoms with Crippen LogP contribution < -0.4 is 11.1 Å². The SMILES string of the molecule is Cc1ccc2cc(C(=O)Nc3cc(N)ccc3C(F)(F)F)ccc2n1. The molecular formula is C18H14F3N3O. The number of carbonyl (C=O) groups is 1. The molecule has 1 amide bonds. The van der Waals surface area contributed by atoms with Crippen molar-refractivity contribution in [3.63, 3.8) is 0 Å². The number of alkyl halides is 3. The van der Waals surface area contributed by atoms with Crippen molar-refractivity contribution in [2.24, 2.45) is 0 Å². The van der Waals surface area contributed by atoms with Crippen LogP contribution >= 0.6 is 0 Å². The molecule has 0 bridgehead atoms. The first kappa shape index (κ1) is 16.8. The smallest absolute Gasteiger partial charge is 0.399 e. The lowest BCUT2D eigenvalue weighted by atomic mass is 10.1. The monoisotopic (exact) mass is 345 g/mol. The number of aromatic nitrogens is 1. The van der Waals surface area contributed by atoms with Crippen LogP contribution in [0.5, 0.6) is 0 Å². The Hall–Kier alpha value is -3.09. The Bertz CT molecular complexity index is 967. The number of nitrogens with one attached hydrogen (secondary N) is 1. The molecule has 3 rings (SSSR count). The molecule has 7 heteroatoms. The lowest BCUT2D eigenvalue weighted by Crippen LogP contribution is -2.17. The molecule has 25 heavy (non-hydrogen) atoms. The molecule has 0 saturated heterocycles. The van der Waals surface area contributed by atoms with Gasteiger partial charge in [-0.05, 0) is 49.4 Å². The topological polar surface area (TPSA) is 68.0 Å². The standard InChI is InChI=1S/C18H14F3N3O/c1-10-2-3-11-8-12(4-7-15(11)23-10)17(25)24-16-9-13(22)5-6-14(16)18(19,20)21/h2-9H,22H2,1H3,(H,24,25). The molecule has 1 aromatic heterocycles. The van der Waals surface area contributed by atoms with Gasteiger partial charge in [0.05, 0.1) is 16.8 Å². The molecule has 0 aliphatic carbocycles. The summed E-state index contributed by atoms with van der Waals surface area (Å²) < 4.78 is 39.2. The van der Waals surface area contributed by atoms with Crippen LogP contribution in [0.2, 0.25) is 0 Å². The number of hydrogen-bond acceptors (Lipinski definition) is 3. The van der Waals surface area contributed by atoms with Crippen LogP contribution in [0.15, 0.2) is 48.5 Å². The predicted octanol–water partition coefficient (Wildman–Crippen LogP) is 4.40. The van der Waals surface area contributed by atoms with Gasteiger partial charge in [0, 0.05) is 22.3 Å². The minimum atomic E-state index is -4.60. The van der Waals surface area contributed by atoms with Crippen molar-refractivity contribution in [3.8, 4) is 0 Å². The number of fused-ring (bicyclic) bond motifs is 1. The van der Waals surface area contributed by atoms with Crippen LogP contribution in [0.3, 0.4) is 0 Å². The van der Waals surface area contributed by atoms with Gasteiger partial charge in [0.25, 0.3) is 5.91 Å². The van der Waals surface area contributed by atoms with Gasteiger partial charge >= 0.3 is 6.18 Å². The van der Waals surface area contributed by atoms with Crippen molar-refractivity contribution in [2.45, 2.75) is 13.1 Å². The van der Waals surface area contributed by atoms with Crippen LogP contribution in [-0.2, 0) is 6.18 Å². The number of anilines is 2. The predicted molar refractivity (Wildman–Crippen MR) is 90.3 cm³/mol. The van der Waals surface area contributed by atoms with Gasteiger partial charge in [-0.2, -0.15) is 13.2 Å². The maximum Gasteiger partial charge on any atom is 0.418 e. The first-order chi connectivity index (χ1) is 11.7. The molecule has 3 aromatic rings. The zero-order chi connectivity index (χ0) is 18.2. The molecule has 0 atom stereocenters. The minimum absolute atomic E-state index is 0.126. The molecule has 0 spiro atoms. The van der Waals surface area contributed by atoms with Gasteiger partial charge in [-0.1, -0.05) is 6.07 Å². The zero-order valence-corrected chi connectivity index (χ0v) is 13.2. The Balaban J connectivity index is 1.95. The number of halogens is 3. The Morgan fingerprint density at radius 1 is 1.08 bits per heavy atom. The van der Waals surface area contributed by atoms with Crippen molar-refractivity contribution in [1.29, 1.82) is 0 Å². The van der Waals surface area contributed by atoms with Crippen LogP contribution in [0, 0.1) is 6.92 Å². The quantitative estimate of drug-likeness (QED) is 0.677. The second kappa shape index (κ2) is 6.08. The maximum atomic E-state index is 13.1. The second-order valence-electron chi connectivity index (χ2n) is 5.62. The minimum Gasteiger partial charge on any atom is -0.399 e. The van der Waals surface area contributed by atoms with Gasteiger partial charge in [-0.15, -0.1) is 0 Å². The van der Waals surface area contributed by atoms with E-state index in [2.05, 4.69) is 10.3 Å². The maximum absolute atomic E-state index is 13.1. The van der Waals surface area contributed by atoms with Crippen LogP contribution in [0.1, 0.15) is 21.6 Å². The fraction of sp³-hybridized carbons (Fsp3) is 0.111. The molecule has 1 heterocycles. The van der Waals surface area contributed by atoms with Crippen LogP contribution in [-0.4, -0.2) is 10.9 Å². The summed E-state index contributed by atoms with van der Waals surface area (Å²) in [7, 11) is 0. The third-order valence-corrected chi connectivity index (χ3v) is 3.69. The van der Waals surface area contributed by atoms with Gasteiger partial charge in [0.1, 0.15) is 0 Å². The van der Waals surface area contributed by atoms with Crippen LogP contribution in [0.25, 0.3) is 10.9 Å². The van der Waals surface area contributed by atoms with Gasteiger partial charge in [-0.25, -0.2) is 0 Å². The summed E-state index contributed by atoms with van der Waals surface area (Å²) in [4.78, 5) is 16.7. The van der Waals surface area contributed by atoms with Gasteiger partial charge in [0.2, 0.25) is 0 Å². The normalized spacial score (nSPS) is 11.5. The first-order valence-electron chi connectivity index (χ1n) is 7.39. The lowest BCUT2D eigenvalue weighted by molar-refractivity contribution is -0.136. The van der Waals surface area contributed by atoms with E-state index in [4.69, 9.17) is 5.73 Å². The molecule has 3 N–H and O–H groups in total. The molecule has 2 aromatic carbocycles. The summed E-state index contributed by atoms with van der Waals surface area (Å²) in [5, 5.41) is 3.01. The Morgan fingerprint density at radius 3 is 2.56 bits per heavy atom. The largest absolute Gasteiger partial charge is 0.418 e. The fourth-order valence-corrected chi connectivity index (χ4v) is 2.48. The highest BCUT2D eigenvalue weighted by molar-refractivity contribution is 6.06. The average molecular weight is 345 g/mol. The summed E-state index contributed by atoms with van der Waals surface area (Å²) in [5.74, 6) is -0.654. The van der Waals surface area contributed by atoms with E-state index in [0.29, 0.717) is 5.52 Å². The highest BCUT2D eigenvalue weighted by Crippen LogP contribution is 2.36. The number of rotatable bonds is 2. The number of benzene rings is 2. The highest BCUT2D eigenvalue weighted by atomic mass is 19.4. The number of amides is 1. The number of nitrogen functional groups attached to an aromatic ring is 1. The molecule has 0 fully saturated rings. The van der Waals surface area contributed by atoms with Crippen molar-refractivity contribution in [1.82, 2.24) is 4.98 Å². The van der Waals surface area contributed by atoms with Gasteiger partial charge in [0.15, 0.2) is 0 Å². The van der Waals surface area contributed by atoms with Crippen molar-refractivity contribution in [3.05, 3.63) is 65.4 Å². The van der Waals surface area contributed by atoms with Crippen molar-refractivity contribution in [2.75, 3.05) is 11.1 Å². The number of aryl methyl sites for hydroxylation is 1. The van der Waals surface area contributed by atoms with E-state index in [1.54, 1.807) is 24.3 Å².